The summed E-state index contributed by atoms with van der Waals surface area (Å²) in [7, 11) is -5.22. The average molecular weight is 1700 g/mol. The zero-order chi connectivity index (χ0) is 81.0. The van der Waals surface area contributed by atoms with Gasteiger partial charge in [-0.15, -0.1) is 0 Å². The third-order valence-electron chi connectivity index (χ3n) is 18.4. The Morgan fingerprint density at radius 1 is 0.550 bits per heavy atom. The maximum absolute atomic E-state index is 15.8. The first kappa shape index (κ1) is 98.4. The van der Waals surface area contributed by atoms with E-state index in [9.17, 15) is 28.8 Å². The smallest absolute Gasteiger partial charge is 0.466 e. The summed E-state index contributed by atoms with van der Waals surface area (Å²) in [6, 6.07) is 20.7. The van der Waals surface area contributed by atoms with Crippen molar-refractivity contribution in [1.29, 1.82) is 0 Å². The number of para-hydroxylation sites is 2. The Kier molecular flexibility index (Phi) is 50.6. The molecule has 4 rings (SSSR count). The lowest BCUT2D eigenvalue weighted by atomic mass is 9.96. The van der Waals surface area contributed by atoms with Crippen LogP contribution in [0.1, 0.15) is 271 Å². The average Bonchev–Trinajstić information content (AvgIpc) is 0.770. The Labute approximate surface area is 689 Å². The number of amides is 2. The lowest BCUT2D eigenvalue weighted by molar-refractivity contribution is -0.272. The van der Waals surface area contributed by atoms with Crippen molar-refractivity contribution in [2.24, 2.45) is 0 Å². The van der Waals surface area contributed by atoms with Gasteiger partial charge in [0.05, 0.1) is 19.6 Å². The predicted octanol–water partition coefficient (Wildman–Crippen LogP) is 22.0. The van der Waals surface area contributed by atoms with Crippen LogP contribution < -0.4 is 19.7 Å². The molecule has 0 aliphatic carbocycles. The second-order valence-electron chi connectivity index (χ2n) is 28.6. The van der Waals surface area contributed by atoms with Crippen molar-refractivity contribution in [3.63, 3.8) is 0 Å². The summed E-state index contributed by atoms with van der Waals surface area (Å²) in [6.07, 6.45) is 19.0. The number of carbonyl (C=O) groups excluding carboxylic acids is 7. The molecule has 1 aliphatic rings. The molecule has 1 saturated heterocycles. The Bertz CT molecular complexity index is 3060. The molecule has 1 fully saturated rings. The minimum absolute atomic E-state index is 0.000349. The number of rotatable bonds is 60. The normalized spacial score (nSPS) is 16.5. The monoisotopic (exact) mass is 1700 g/mol. The molecule has 3 aromatic carbocycles. The van der Waals surface area contributed by atoms with Gasteiger partial charge < -0.3 is 62.3 Å². The molecule has 1 heterocycles. The summed E-state index contributed by atoms with van der Waals surface area (Å²) < 4.78 is 83.8. The van der Waals surface area contributed by atoms with Crippen molar-refractivity contribution in [1.82, 2.24) is 10.6 Å². The summed E-state index contributed by atoms with van der Waals surface area (Å²) >= 11 is 37.0. The molecule has 2 amide bonds. The molecule has 0 aromatic heterocycles. The van der Waals surface area contributed by atoms with Crippen molar-refractivity contribution in [3.05, 3.63) is 103 Å². The molecule has 2 N–H and O–H groups in total. The van der Waals surface area contributed by atoms with E-state index in [0.717, 1.165) is 180 Å². The summed E-state index contributed by atoms with van der Waals surface area (Å²) in [6.45, 7) is 8.34. The van der Waals surface area contributed by atoms with Gasteiger partial charge in [0.25, 0.3) is 0 Å². The maximum atomic E-state index is 15.8. The lowest BCUT2D eigenvalue weighted by Gasteiger charge is -2.45. The molecule has 7 atom stereocenters. The van der Waals surface area contributed by atoms with E-state index in [2.05, 4.69) is 31.4 Å². The molecule has 29 heteroatoms. The van der Waals surface area contributed by atoms with Gasteiger partial charge in [-0.2, -0.15) is 0 Å². The molecule has 1 radical (unpaired) electrons. The fraction of sp³-hybridized carbons (Fsp3) is 0.683. The van der Waals surface area contributed by atoms with Crippen LogP contribution in [0.15, 0.2) is 91.0 Å². The van der Waals surface area contributed by atoms with Crippen LogP contribution in [-0.4, -0.2) is 124 Å². The van der Waals surface area contributed by atoms with Crippen LogP contribution in [0.2, 0.25) is 0 Å². The second kappa shape index (κ2) is 57.1. The number of hydrogen-bond donors (Lipinski definition) is 2. The topological polar surface area (TPSA) is 271 Å². The van der Waals surface area contributed by atoms with E-state index < -0.39 is 126 Å². The van der Waals surface area contributed by atoms with Gasteiger partial charge in [-0.25, -0.2) is 18.9 Å². The highest BCUT2D eigenvalue weighted by atomic mass is 35.6. The summed E-state index contributed by atoms with van der Waals surface area (Å²) in [5.41, 5.74) is -1.24. The molecule has 1 aliphatic heterocycles. The summed E-state index contributed by atoms with van der Waals surface area (Å²) in [5.74, 6) is -3.32. The molecule has 627 valence electrons. The van der Waals surface area contributed by atoms with Crippen LogP contribution in [0.25, 0.3) is 0 Å². The number of hydrogen-bond acceptors (Lipinski definition) is 20. The highest BCUT2D eigenvalue weighted by molar-refractivity contribution is 7.49. The summed E-state index contributed by atoms with van der Waals surface area (Å²) in [5, 5.41) is 5.31. The van der Waals surface area contributed by atoms with Gasteiger partial charge in [-0.05, 0) is 82.2 Å². The molecular formula is C82H122Cl6N2O20P. The number of alkyl carbamates (subject to hydrolysis) is 1. The van der Waals surface area contributed by atoms with Gasteiger partial charge in [0.15, 0.2) is 24.0 Å². The summed E-state index contributed by atoms with van der Waals surface area (Å²) in [4.78, 5) is 97.9. The quantitative estimate of drug-likeness (QED) is 0.0175. The third-order valence-corrected chi connectivity index (χ3v) is 21.5. The van der Waals surface area contributed by atoms with E-state index in [1.165, 1.54) is 38.1 Å². The Morgan fingerprint density at radius 3 is 1.56 bits per heavy atom. The largest absolute Gasteiger partial charge is 0.588 e. The van der Waals surface area contributed by atoms with Crippen LogP contribution >= 0.6 is 77.4 Å². The SMILES string of the molecule is [CH2]CCCCCCCC(=O)OCCCCCCCCCCCCCC(=O)N[C@@H](CO[C@@H]1O[C@H](COC(=O)OC(C)(C)C(Cl)(Cl)Cl)[C@@H](OP(=O)(Oc2ccccc2)Oc2ccccc2)[C@H](OC(=O)C[C@@H](CCCCCCCCCCC)OC(=O)CCCCCCCC)[C@H]1NC(=O)OCC(Cl)(Cl)Cl)C(=O)OCc1ccccc1. The van der Waals surface area contributed by atoms with Crippen LogP contribution in [0.4, 0.5) is 9.59 Å². The zero-order valence-electron chi connectivity index (χ0n) is 65.5. The third kappa shape index (κ3) is 45.2. The van der Waals surface area contributed by atoms with Gasteiger partial charge in [0.1, 0.15) is 55.7 Å². The van der Waals surface area contributed by atoms with Crippen LogP contribution in [-0.2, 0) is 82.3 Å². The molecule has 0 bridgehead atoms. The molecule has 0 spiro atoms. The number of ether oxygens (including phenoxy) is 9. The number of unbranched alkanes of at least 4 members (excludes halogenated alkanes) is 28. The van der Waals surface area contributed by atoms with E-state index in [4.69, 9.17) is 126 Å². The molecular weight excluding hydrogens is 1580 g/mol. The standard InChI is InChI=1S/C82H122Cl6N2O20P/c1-6-9-12-15-18-22-25-28-38-53-66(104-71(93)56-45-31-17-14-11-8-3)58-72(94)106-75-73(90-78(96)103-62-81(83,84)85)77(105-68(61-102-79(97)107-80(4,5)82(86,87)88)74(75)110-111(98,108-64-49-39-34-40-50-64)109-65-51-41-35-42-52-65)101-60-67(76(95)100-59-63-47-36-33-37-48-63)89-69(91)54-43-29-26-23-20-19-21-24-27-32-46-57-99-70(92)55-44-30-16-13-10-7-2/h33-37,39-42,47-52,66-68,73-75,77H,2,6-32,38,43-46,53-62H2,1,3-5H3,(H,89,91)(H,90,96)/t66-,67+,68-,73-,74-,75-,77-/m1/s1. The van der Waals surface area contributed by atoms with Crippen molar-refractivity contribution >= 4 is 119 Å². The van der Waals surface area contributed by atoms with Crippen LogP contribution in [0.5, 0.6) is 11.5 Å². The highest BCUT2D eigenvalue weighted by Gasteiger charge is 2.55. The van der Waals surface area contributed by atoms with Gasteiger partial charge in [-0.1, -0.05) is 330 Å². The number of phosphoric acid groups is 1. The van der Waals surface area contributed by atoms with Crippen molar-refractivity contribution < 1.29 is 94.3 Å². The Morgan fingerprint density at radius 2 is 1.04 bits per heavy atom. The Balaban J connectivity index is 1.73. The van der Waals surface area contributed by atoms with Crippen LogP contribution in [0, 0.1) is 6.92 Å². The number of benzene rings is 3. The number of alkyl halides is 6. The van der Waals surface area contributed by atoms with E-state index in [-0.39, 0.29) is 43.3 Å². The lowest BCUT2D eigenvalue weighted by Crippen LogP contribution is -2.67. The minimum Gasteiger partial charge on any atom is -0.466 e. The number of esters is 4. The fourth-order valence-corrected chi connectivity index (χ4v) is 13.8. The van der Waals surface area contributed by atoms with Gasteiger partial charge in [0, 0.05) is 19.3 Å². The zero-order valence-corrected chi connectivity index (χ0v) is 70.9. The molecule has 0 saturated carbocycles. The molecule has 111 heavy (non-hydrogen) atoms. The van der Waals surface area contributed by atoms with E-state index >= 15 is 9.36 Å². The number of phosphoric ester groups is 1. The van der Waals surface area contributed by atoms with E-state index in [0.29, 0.717) is 44.3 Å². The first-order valence-corrected chi connectivity index (χ1v) is 43.8. The number of nitrogens with one attached hydrogen (secondary N) is 2. The molecule has 3 aromatic rings. The molecule has 0 unspecified atom stereocenters. The van der Waals surface area contributed by atoms with Gasteiger partial charge in [-0.3, -0.25) is 23.7 Å². The predicted molar refractivity (Wildman–Crippen MR) is 433 cm³/mol. The van der Waals surface area contributed by atoms with Gasteiger partial charge in [0.2, 0.25) is 13.5 Å². The minimum atomic E-state index is -5.22. The van der Waals surface area contributed by atoms with E-state index in [1.54, 1.807) is 66.7 Å². The highest BCUT2D eigenvalue weighted by Crippen LogP contribution is 2.53. The van der Waals surface area contributed by atoms with Crippen molar-refractivity contribution in [3.8, 4) is 11.5 Å². The first-order chi connectivity index (χ1) is 53.2. The molecule has 22 nitrogen and oxygen atoms in total. The van der Waals surface area contributed by atoms with E-state index in [1.807, 2.05) is 0 Å². The van der Waals surface area contributed by atoms with Gasteiger partial charge >= 0.3 is 43.9 Å². The maximum Gasteiger partial charge on any atom is 0.588 e. The first-order valence-electron chi connectivity index (χ1n) is 40.0. The fourth-order valence-electron chi connectivity index (χ4n) is 12.0. The second-order valence-corrected chi connectivity index (χ2v) is 34.9. The van der Waals surface area contributed by atoms with Crippen molar-refractivity contribution in [2.75, 3.05) is 26.4 Å². The van der Waals surface area contributed by atoms with Crippen LogP contribution in [0.3, 0.4) is 0 Å². The van der Waals surface area contributed by atoms with Crippen molar-refractivity contribution in [2.45, 2.75) is 328 Å². The Hall–Kier alpha value is -5.00. The number of halogens is 6. The number of carbonyl (C=O) groups is 7.